The number of nitriles is 1. The lowest BCUT2D eigenvalue weighted by molar-refractivity contribution is -0.114. The Hall–Kier alpha value is -2.15. The SMILES string of the molecule is CCc1ccc2c(c1)C(=O)C(=O)N2CCCCC#N. The molecule has 1 aliphatic heterocycles. The van der Waals surface area contributed by atoms with Crippen molar-refractivity contribution in [2.45, 2.75) is 32.6 Å². The monoisotopic (exact) mass is 256 g/mol. The molecule has 0 saturated carbocycles. The Morgan fingerprint density at radius 3 is 2.74 bits per heavy atom. The second-order valence-corrected chi connectivity index (χ2v) is 4.61. The summed E-state index contributed by atoms with van der Waals surface area (Å²) in [5.74, 6) is -0.856. The van der Waals surface area contributed by atoms with Crippen molar-refractivity contribution in [1.82, 2.24) is 0 Å². The molecular weight excluding hydrogens is 240 g/mol. The van der Waals surface area contributed by atoms with Gasteiger partial charge in [0, 0.05) is 13.0 Å². The molecule has 1 aromatic rings. The summed E-state index contributed by atoms with van der Waals surface area (Å²) in [4.78, 5) is 25.4. The first-order valence-electron chi connectivity index (χ1n) is 6.55. The standard InChI is InChI=1S/C15H16N2O2/c1-2-11-6-7-13-12(10-11)14(18)15(19)17(13)9-5-3-4-8-16/h6-7,10H,2-5,9H2,1H3. The van der Waals surface area contributed by atoms with Crippen LogP contribution < -0.4 is 4.90 Å². The van der Waals surface area contributed by atoms with Crippen molar-refractivity contribution in [3.8, 4) is 6.07 Å². The van der Waals surface area contributed by atoms with Crippen LogP contribution >= 0.6 is 0 Å². The Morgan fingerprint density at radius 2 is 2.05 bits per heavy atom. The average Bonchev–Trinajstić information content (AvgIpc) is 2.67. The summed E-state index contributed by atoms with van der Waals surface area (Å²) in [5, 5.41) is 8.48. The zero-order valence-corrected chi connectivity index (χ0v) is 11.0. The van der Waals surface area contributed by atoms with Crippen molar-refractivity contribution >= 4 is 17.4 Å². The van der Waals surface area contributed by atoms with Gasteiger partial charge in [-0.15, -0.1) is 0 Å². The summed E-state index contributed by atoms with van der Waals surface area (Å²) in [6.45, 7) is 2.52. The van der Waals surface area contributed by atoms with Crippen LogP contribution in [-0.2, 0) is 11.2 Å². The predicted molar refractivity (Wildman–Crippen MR) is 72.0 cm³/mol. The van der Waals surface area contributed by atoms with Gasteiger partial charge in [0.05, 0.1) is 17.3 Å². The normalized spacial score (nSPS) is 13.6. The lowest BCUT2D eigenvalue weighted by atomic mass is 10.1. The van der Waals surface area contributed by atoms with E-state index in [-0.39, 0.29) is 0 Å². The number of Topliss-reactive ketones (excluding diaryl/α,β-unsaturated/α-hetero) is 1. The number of amides is 1. The molecule has 0 atom stereocenters. The van der Waals surface area contributed by atoms with Gasteiger partial charge in [-0.1, -0.05) is 13.0 Å². The molecule has 0 aromatic heterocycles. The second kappa shape index (κ2) is 5.66. The number of carbonyl (C=O) groups is 2. The van der Waals surface area contributed by atoms with Crippen molar-refractivity contribution in [2.75, 3.05) is 11.4 Å². The molecule has 1 aromatic carbocycles. The molecule has 4 heteroatoms. The molecule has 0 saturated heterocycles. The van der Waals surface area contributed by atoms with Crippen molar-refractivity contribution in [3.63, 3.8) is 0 Å². The fourth-order valence-corrected chi connectivity index (χ4v) is 2.26. The topological polar surface area (TPSA) is 61.2 Å². The van der Waals surface area contributed by atoms with Crippen LogP contribution in [0, 0.1) is 11.3 Å². The summed E-state index contributed by atoms with van der Waals surface area (Å²) in [6.07, 6.45) is 2.81. The summed E-state index contributed by atoms with van der Waals surface area (Å²) in [6, 6.07) is 7.69. The second-order valence-electron chi connectivity index (χ2n) is 4.61. The van der Waals surface area contributed by atoms with Gasteiger partial charge in [0.25, 0.3) is 11.7 Å². The van der Waals surface area contributed by atoms with Gasteiger partial charge in [-0.25, -0.2) is 0 Å². The molecule has 4 nitrogen and oxygen atoms in total. The molecule has 0 fully saturated rings. The van der Waals surface area contributed by atoms with Crippen LogP contribution in [0.2, 0.25) is 0 Å². The maximum Gasteiger partial charge on any atom is 0.299 e. The van der Waals surface area contributed by atoms with E-state index in [4.69, 9.17) is 5.26 Å². The fraction of sp³-hybridized carbons (Fsp3) is 0.400. The highest BCUT2D eigenvalue weighted by atomic mass is 16.2. The average molecular weight is 256 g/mol. The zero-order chi connectivity index (χ0) is 13.8. The number of ketones is 1. The molecule has 0 N–H and O–H groups in total. The lowest BCUT2D eigenvalue weighted by Crippen LogP contribution is -2.30. The number of aryl methyl sites for hydroxylation is 1. The van der Waals surface area contributed by atoms with E-state index < -0.39 is 11.7 Å². The summed E-state index contributed by atoms with van der Waals surface area (Å²) < 4.78 is 0. The van der Waals surface area contributed by atoms with E-state index in [2.05, 4.69) is 6.07 Å². The van der Waals surface area contributed by atoms with Crippen LogP contribution in [0.4, 0.5) is 5.69 Å². The third-order valence-corrected chi connectivity index (χ3v) is 3.36. The number of carbonyl (C=O) groups excluding carboxylic acids is 2. The Kier molecular flexibility index (Phi) is 3.96. The summed E-state index contributed by atoms with van der Waals surface area (Å²) in [5.41, 5.74) is 2.29. The van der Waals surface area contributed by atoms with Crippen molar-refractivity contribution in [1.29, 1.82) is 5.26 Å². The van der Waals surface area contributed by atoms with E-state index in [1.165, 1.54) is 4.90 Å². The quantitative estimate of drug-likeness (QED) is 0.600. The van der Waals surface area contributed by atoms with Gasteiger partial charge in [-0.05, 0) is 37.0 Å². The highest BCUT2D eigenvalue weighted by Crippen LogP contribution is 2.30. The number of unbranched alkanes of at least 4 members (excludes halogenated alkanes) is 2. The van der Waals surface area contributed by atoms with E-state index >= 15 is 0 Å². The smallest absolute Gasteiger partial charge is 0.299 e. The largest absolute Gasteiger partial charge is 0.305 e. The molecule has 0 aliphatic carbocycles. The first-order chi connectivity index (χ1) is 9.19. The zero-order valence-electron chi connectivity index (χ0n) is 11.0. The van der Waals surface area contributed by atoms with Gasteiger partial charge < -0.3 is 4.90 Å². The van der Waals surface area contributed by atoms with Crippen LogP contribution in [0.25, 0.3) is 0 Å². The maximum absolute atomic E-state index is 11.9. The Balaban J connectivity index is 2.18. The molecule has 0 spiro atoms. The Morgan fingerprint density at radius 1 is 1.26 bits per heavy atom. The van der Waals surface area contributed by atoms with Crippen LogP contribution in [0.1, 0.15) is 42.1 Å². The Labute approximate surface area is 112 Å². The first-order valence-corrected chi connectivity index (χ1v) is 6.55. The molecule has 1 aliphatic rings. The van der Waals surface area contributed by atoms with Gasteiger partial charge in [-0.3, -0.25) is 9.59 Å². The van der Waals surface area contributed by atoms with E-state index in [0.29, 0.717) is 24.2 Å². The van der Waals surface area contributed by atoms with Gasteiger partial charge in [0.2, 0.25) is 0 Å². The van der Waals surface area contributed by atoms with E-state index in [0.717, 1.165) is 24.8 Å². The Bertz CT molecular complexity index is 558. The van der Waals surface area contributed by atoms with Crippen LogP contribution in [0.3, 0.4) is 0 Å². The van der Waals surface area contributed by atoms with E-state index in [9.17, 15) is 9.59 Å². The highest BCUT2D eigenvalue weighted by Gasteiger charge is 2.35. The van der Waals surface area contributed by atoms with Crippen molar-refractivity contribution in [2.24, 2.45) is 0 Å². The van der Waals surface area contributed by atoms with Gasteiger partial charge >= 0.3 is 0 Å². The number of hydrogen-bond acceptors (Lipinski definition) is 3. The molecule has 1 amide bonds. The van der Waals surface area contributed by atoms with Gasteiger partial charge in [-0.2, -0.15) is 5.26 Å². The third kappa shape index (κ3) is 2.50. The molecule has 2 rings (SSSR count). The van der Waals surface area contributed by atoms with Crippen molar-refractivity contribution < 1.29 is 9.59 Å². The van der Waals surface area contributed by atoms with Gasteiger partial charge in [0.1, 0.15) is 0 Å². The number of benzene rings is 1. The van der Waals surface area contributed by atoms with E-state index in [1.54, 1.807) is 0 Å². The van der Waals surface area contributed by atoms with Crippen molar-refractivity contribution in [3.05, 3.63) is 29.3 Å². The number of nitrogens with zero attached hydrogens (tertiary/aromatic N) is 2. The lowest BCUT2D eigenvalue weighted by Gasteiger charge is -2.16. The molecule has 19 heavy (non-hydrogen) atoms. The number of hydrogen-bond donors (Lipinski definition) is 0. The predicted octanol–water partition coefficient (Wildman–Crippen LogP) is 2.47. The molecule has 1 heterocycles. The van der Waals surface area contributed by atoms with Crippen LogP contribution in [0.15, 0.2) is 18.2 Å². The first kappa shape index (κ1) is 13.3. The van der Waals surface area contributed by atoms with E-state index in [1.807, 2.05) is 25.1 Å². The molecule has 0 radical (unpaired) electrons. The minimum Gasteiger partial charge on any atom is -0.305 e. The molecular formula is C15H16N2O2. The number of anilines is 1. The maximum atomic E-state index is 11.9. The third-order valence-electron chi connectivity index (χ3n) is 3.36. The fourth-order valence-electron chi connectivity index (χ4n) is 2.26. The molecule has 98 valence electrons. The summed E-state index contributed by atoms with van der Waals surface area (Å²) in [7, 11) is 0. The molecule has 0 unspecified atom stereocenters. The van der Waals surface area contributed by atoms with Gasteiger partial charge in [0.15, 0.2) is 0 Å². The minimum atomic E-state index is -0.444. The van der Waals surface area contributed by atoms with Crippen LogP contribution in [-0.4, -0.2) is 18.2 Å². The number of rotatable bonds is 5. The van der Waals surface area contributed by atoms with Crippen LogP contribution in [0.5, 0.6) is 0 Å². The number of fused-ring (bicyclic) bond motifs is 1. The summed E-state index contributed by atoms with van der Waals surface area (Å²) >= 11 is 0. The highest BCUT2D eigenvalue weighted by molar-refractivity contribution is 6.52. The molecule has 0 bridgehead atoms. The minimum absolute atomic E-state index is 0.411.